The molecule has 33 heavy (non-hydrogen) atoms. The smallest absolute Gasteiger partial charge is 0.241 e. The highest BCUT2D eigenvalue weighted by atomic mass is 35.5. The van der Waals surface area contributed by atoms with E-state index < -0.39 is 26.0 Å². The predicted octanol–water partition coefficient (Wildman–Crippen LogP) is 3.42. The number of nitrogens with one attached hydrogen (secondary N) is 1. The first kappa shape index (κ1) is 27.5. The van der Waals surface area contributed by atoms with Crippen LogP contribution in [0.2, 0.25) is 0 Å². The van der Waals surface area contributed by atoms with E-state index in [1.165, 1.54) is 24.3 Å². The van der Waals surface area contributed by atoms with Crippen LogP contribution in [-0.2, 0) is 20.0 Å². The van der Waals surface area contributed by atoms with Gasteiger partial charge in [0.2, 0.25) is 15.7 Å². The molecule has 1 atom stereocenters. The van der Waals surface area contributed by atoms with Gasteiger partial charge in [0, 0.05) is 43.3 Å². The molecule has 0 unspecified atom stereocenters. The van der Waals surface area contributed by atoms with Crippen LogP contribution in [0.1, 0.15) is 26.3 Å². The lowest BCUT2D eigenvalue weighted by Crippen LogP contribution is -2.52. The number of hydrogen-bond donors (Lipinski definition) is 1. The van der Waals surface area contributed by atoms with E-state index in [2.05, 4.69) is 17.1 Å². The lowest BCUT2D eigenvalue weighted by molar-refractivity contribution is -0.120. The van der Waals surface area contributed by atoms with Crippen molar-refractivity contribution in [3.8, 4) is 0 Å². The van der Waals surface area contributed by atoms with Gasteiger partial charge in [0.05, 0.1) is 11.4 Å². The number of sulfone groups is 1. The minimum atomic E-state index is -4.04. The number of carbonyl (C=O) groups excluding carboxylic acids is 1. The molecule has 2 aliphatic rings. The number of anilines is 1. The normalized spacial score (nSPS) is 19.9. The van der Waals surface area contributed by atoms with Crippen LogP contribution in [0.25, 0.3) is 0 Å². The fourth-order valence-corrected chi connectivity index (χ4v) is 5.81. The minimum Gasteiger partial charge on any atom is -0.312 e. The van der Waals surface area contributed by atoms with Crippen LogP contribution in [0.15, 0.2) is 52.3 Å². The van der Waals surface area contributed by atoms with Gasteiger partial charge in [-0.05, 0) is 36.8 Å². The number of halogens is 3. The van der Waals surface area contributed by atoms with Gasteiger partial charge in [-0.2, -0.15) is 0 Å². The first-order chi connectivity index (χ1) is 14.6. The number of carbonyl (C=O) groups is 1. The monoisotopic (exact) mass is 517 g/mol. The highest BCUT2D eigenvalue weighted by Gasteiger charge is 2.40. The molecule has 0 aliphatic carbocycles. The SMILES string of the molecule is C[C@@H]1CN(CC(=O)N2CC(C)(C)c3cc(F)c(S(=O)(=O)c4ccccc4)cc32)CCN1.Cl.Cl. The Bertz CT molecular complexity index is 1110. The van der Waals surface area contributed by atoms with Crippen LogP contribution in [0.4, 0.5) is 10.1 Å². The van der Waals surface area contributed by atoms with E-state index in [1.54, 1.807) is 23.1 Å². The fourth-order valence-electron chi connectivity index (χ4n) is 4.46. The number of rotatable bonds is 4. The second kappa shape index (κ2) is 10.3. The Hall–Kier alpha value is -1.71. The van der Waals surface area contributed by atoms with Crippen molar-refractivity contribution in [3.63, 3.8) is 0 Å². The second-order valence-corrected chi connectivity index (χ2v) is 11.0. The van der Waals surface area contributed by atoms with Crippen molar-refractivity contribution in [3.05, 3.63) is 53.8 Å². The van der Waals surface area contributed by atoms with E-state index in [4.69, 9.17) is 0 Å². The topological polar surface area (TPSA) is 69.7 Å². The molecule has 0 aromatic heterocycles. The Balaban J connectivity index is 0.00000193. The zero-order chi connectivity index (χ0) is 22.4. The van der Waals surface area contributed by atoms with Crippen molar-refractivity contribution in [2.24, 2.45) is 0 Å². The third kappa shape index (κ3) is 5.35. The summed E-state index contributed by atoms with van der Waals surface area (Å²) in [7, 11) is -4.04. The molecule has 2 aliphatic heterocycles. The average molecular weight is 518 g/mol. The summed E-state index contributed by atoms with van der Waals surface area (Å²) in [4.78, 5) is 16.5. The van der Waals surface area contributed by atoms with E-state index in [-0.39, 0.29) is 42.2 Å². The minimum absolute atomic E-state index is 0. The van der Waals surface area contributed by atoms with Crippen molar-refractivity contribution in [2.75, 3.05) is 37.6 Å². The van der Waals surface area contributed by atoms with Crippen molar-refractivity contribution in [1.29, 1.82) is 0 Å². The van der Waals surface area contributed by atoms with E-state index >= 15 is 4.39 Å². The first-order valence-corrected chi connectivity index (χ1v) is 12.0. The van der Waals surface area contributed by atoms with Crippen LogP contribution in [0, 0.1) is 5.82 Å². The molecule has 2 heterocycles. The third-order valence-electron chi connectivity index (χ3n) is 6.08. The van der Waals surface area contributed by atoms with Gasteiger partial charge in [0.1, 0.15) is 10.7 Å². The molecule has 2 aromatic rings. The average Bonchev–Trinajstić information content (AvgIpc) is 2.98. The summed E-state index contributed by atoms with van der Waals surface area (Å²) in [6.07, 6.45) is 0. The molecule has 182 valence electrons. The molecule has 4 rings (SSSR count). The maximum atomic E-state index is 15.0. The number of amides is 1. The lowest BCUT2D eigenvalue weighted by Gasteiger charge is -2.32. The second-order valence-electron chi connectivity index (χ2n) is 9.07. The van der Waals surface area contributed by atoms with Gasteiger partial charge in [-0.15, -0.1) is 24.8 Å². The molecule has 0 saturated carbocycles. The van der Waals surface area contributed by atoms with Gasteiger partial charge in [-0.3, -0.25) is 9.69 Å². The predicted molar refractivity (Wildman–Crippen MR) is 132 cm³/mol. The molecule has 2 aromatic carbocycles. The Morgan fingerprint density at radius 3 is 2.48 bits per heavy atom. The molecule has 10 heteroatoms. The molecular weight excluding hydrogens is 488 g/mol. The zero-order valence-electron chi connectivity index (χ0n) is 18.9. The largest absolute Gasteiger partial charge is 0.312 e. The quantitative estimate of drug-likeness (QED) is 0.672. The summed E-state index contributed by atoms with van der Waals surface area (Å²) in [6, 6.07) is 10.7. The van der Waals surface area contributed by atoms with Crippen molar-refractivity contribution < 1.29 is 17.6 Å². The van der Waals surface area contributed by atoms with Crippen LogP contribution in [-0.4, -0.2) is 58.0 Å². The molecular formula is C23H30Cl2FN3O3S. The number of benzene rings is 2. The summed E-state index contributed by atoms with van der Waals surface area (Å²) >= 11 is 0. The van der Waals surface area contributed by atoms with Gasteiger partial charge in [0.15, 0.2) is 0 Å². The molecule has 1 amide bonds. The molecule has 6 nitrogen and oxygen atoms in total. The molecule has 0 bridgehead atoms. The Morgan fingerprint density at radius 2 is 1.85 bits per heavy atom. The molecule has 1 saturated heterocycles. The van der Waals surface area contributed by atoms with Crippen molar-refractivity contribution >= 4 is 46.2 Å². The highest BCUT2D eigenvalue weighted by molar-refractivity contribution is 7.91. The molecule has 1 fully saturated rings. The lowest BCUT2D eigenvalue weighted by atomic mass is 9.87. The summed E-state index contributed by atoms with van der Waals surface area (Å²) in [5, 5.41) is 3.35. The number of piperazine rings is 1. The summed E-state index contributed by atoms with van der Waals surface area (Å²) in [5.74, 6) is -0.892. The van der Waals surface area contributed by atoms with Crippen LogP contribution < -0.4 is 10.2 Å². The standard InChI is InChI=1S/C23H28FN3O3S.2ClH/c1-16-13-26(10-9-25-16)14-22(28)27-15-23(2,3)18-11-19(24)21(12-20(18)27)31(29,30)17-7-5-4-6-8-17;;/h4-8,11-12,16,25H,9-10,13-15H2,1-3H3;2*1H/t16-;;/m1../s1. The molecule has 1 N–H and O–H groups in total. The first-order valence-electron chi connectivity index (χ1n) is 10.5. The van der Waals surface area contributed by atoms with Gasteiger partial charge < -0.3 is 10.2 Å². The van der Waals surface area contributed by atoms with E-state index in [9.17, 15) is 13.2 Å². The molecule has 0 radical (unpaired) electrons. The fraction of sp³-hybridized carbons (Fsp3) is 0.435. The van der Waals surface area contributed by atoms with Gasteiger partial charge in [-0.1, -0.05) is 32.0 Å². The van der Waals surface area contributed by atoms with Crippen LogP contribution in [0.3, 0.4) is 0 Å². The van der Waals surface area contributed by atoms with E-state index in [0.29, 0.717) is 23.8 Å². The van der Waals surface area contributed by atoms with Crippen LogP contribution >= 0.6 is 24.8 Å². The van der Waals surface area contributed by atoms with E-state index in [0.717, 1.165) is 19.6 Å². The number of fused-ring (bicyclic) bond motifs is 1. The number of nitrogens with zero attached hydrogens (tertiary/aromatic N) is 2. The van der Waals surface area contributed by atoms with Gasteiger partial charge >= 0.3 is 0 Å². The number of hydrogen-bond acceptors (Lipinski definition) is 5. The highest BCUT2D eigenvalue weighted by Crippen LogP contribution is 2.43. The summed E-state index contributed by atoms with van der Waals surface area (Å²) < 4.78 is 41.2. The van der Waals surface area contributed by atoms with Gasteiger partial charge in [-0.25, -0.2) is 12.8 Å². The Morgan fingerprint density at radius 1 is 1.18 bits per heavy atom. The van der Waals surface area contributed by atoms with E-state index in [1.807, 2.05) is 13.8 Å². The third-order valence-corrected chi connectivity index (χ3v) is 7.86. The Kier molecular flexibility index (Phi) is 8.57. The van der Waals surface area contributed by atoms with Crippen LogP contribution in [0.5, 0.6) is 0 Å². The maximum absolute atomic E-state index is 15.0. The van der Waals surface area contributed by atoms with Crippen molar-refractivity contribution in [2.45, 2.75) is 42.0 Å². The van der Waals surface area contributed by atoms with Gasteiger partial charge in [0.25, 0.3) is 0 Å². The maximum Gasteiger partial charge on any atom is 0.241 e. The molecule has 0 spiro atoms. The zero-order valence-corrected chi connectivity index (χ0v) is 21.3. The Labute approximate surface area is 207 Å². The summed E-state index contributed by atoms with van der Waals surface area (Å²) in [5.41, 5.74) is 0.658. The van der Waals surface area contributed by atoms with Crippen molar-refractivity contribution in [1.82, 2.24) is 10.2 Å². The summed E-state index contributed by atoms with van der Waals surface area (Å²) in [6.45, 7) is 8.96.